The van der Waals surface area contributed by atoms with Gasteiger partial charge in [-0.1, -0.05) is 31.2 Å². The van der Waals surface area contributed by atoms with E-state index in [-0.39, 0.29) is 11.2 Å². The number of hydrogen-bond donors (Lipinski definition) is 1. The standard InChI is InChI=1S/C27H29FN4O/c1-3-27(22-6-4-5-7-24(22)28)21-10-11-32(16-23(21)27)25-15-30-20(14-31-25)13-18-8-9-19(26(29)33)12-17(18)2/h4-9,12,14-15,21,23H,3,10-11,13,16H2,1-2H3,(H2,29,33)/t21?,23?,27-/m1/s1. The monoisotopic (exact) mass is 444 g/mol. The van der Waals surface area contributed by atoms with E-state index < -0.39 is 5.91 Å². The molecule has 1 saturated heterocycles. The van der Waals surface area contributed by atoms with Crippen LogP contribution in [0.2, 0.25) is 0 Å². The van der Waals surface area contributed by atoms with Gasteiger partial charge in [0.1, 0.15) is 11.6 Å². The van der Waals surface area contributed by atoms with E-state index in [0.717, 1.165) is 54.1 Å². The number of rotatable bonds is 6. The molecule has 1 amide bonds. The molecule has 2 N–H and O–H groups in total. The summed E-state index contributed by atoms with van der Waals surface area (Å²) in [6.45, 7) is 5.95. The number of aryl methyl sites for hydroxylation is 1. The molecule has 1 aliphatic carbocycles. The van der Waals surface area contributed by atoms with Crippen LogP contribution in [-0.2, 0) is 11.8 Å². The van der Waals surface area contributed by atoms with Crippen LogP contribution in [0.1, 0.15) is 52.5 Å². The molecule has 3 atom stereocenters. The first-order chi connectivity index (χ1) is 15.9. The normalized spacial score (nSPS) is 23.8. The molecule has 1 saturated carbocycles. The quantitative estimate of drug-likeness (QED) is 0.611. The number of fused-ring (bicyclic) bond motifs is 1. The Morgan fingerprint density at radius 2 is 2.00 bits per heavy atom. The van der Waals surface area contributed by atoms with Crippen molar-refractivity contribution in [3.8, 4) is 0 Å². The second-order valence-electron chi connectivity index (χ2n) is 9.37. The van der Waals surface area contributed by atoms with Gasteiger partial charge in [-0.25, -0.2) is 9.37 Å². The first-order valence-electron chi connectivity index (χ1n) is 11.6. The lowest BCUT2D eigenvalue weighted by molar-refractivity contribution is 0.1000. The number of amides is 1. The van der Waals surface area contributed by atoms with E-state index in [1.54, 1.807) is 18.2 Å². The SMILES string of the molecule is CC[C@]1(c2ccccc2F)C2CCN(c3cnc(Cc4ccc(C(N)=O)cc4C)cn3)CC21. The molecule has 2 aliphatic rings. The second-order valence-corrected chi connectivity index (χ2v) is 9.37. The summed E-state index contributed by atoms with van der Waals surface area (Å²) < 4.78 is 14.6. The molecule has 2 aromatic carbocycles. The lowest BCUT2D eigenvalue weighted by atomic mass is 9.88. The van der Waals surface area contributed by atoms with Gasteiger partial charge in [0.25, 0.3) is 0 Å². The van der Waals surface area contributed by atoms with Crippen LogP contribution in [0, 0.1) is 24.6 Å². The van der Waals surface area contributed by atoms with Gasteiger partial charge in [0.05, 0.1) is 18.1 Å². The Bertz CT molecular complexity index is 1190. The maximum absolute atomic E-state index is 14.6. The predicted molar refractivity (Wildman–Crippen MR) is 127 cm³/mol. The zero-order valence-electron chi connectivity index (χ0n) is 19.1. The van der Waals surface area contributed by atoms with Gasteiger partial charge in [-0.2, -0.15) is 0 Å². The summed E-state index contributed by atoms with van der Waals surface area (Å²) in [6.07, 6.45) is 6.33. The summed E-state index contributed by atoms with van der Waals surface area (Å²) in [5.74, 6) is 1.36. The van der Waals surface area contributed by atoms with Gasteiger partial charge in [0.2, 0.25) is 5.91 Å². The third-order valence-corrected chi connectivity index (χ3v) is 7.80. The van der Waals surface area contributed by atoms with Crippen molar-refractivity contribution in [1.82, 2.24) is 9.97 Å². The largest absolute Gasteiger partial charge is 0.366 e. The number of anilines is 1. The highest BCUT2D eigenvalue weighted by Crippen LogP contribution is 2.65. The fourth-order valence-electron chi connectivity index (χ4n) is 5.98. The summed E-state index contributed by atoms with van der Waals surface area (Å²) in [6, 6.07) is 12.8. The van der Waals surface area contributed by atoms with Gasteiger partial charge in [0.15, 0.2) is 0 Å². The van der Waals surface area contributed by atoms with Crippen LogP contribution in [-0.4, -0.2) is 29.0 Å². The molecule has 6 heteroatoms. The summed E-state index contributed by atoms with van der Waals surface area (Å²) in [7, 11) is 0. The summed E-state index contributed by atoms with van der Waals surface area (Å²) in [4.78, 5) is 23.0. The van der Waals surface area contributed by atoms with Crippen LogP contribution in [0.3, 0.4) is 0 Å². The molecule has 0 radical (unpaired) electrons. The number of hydrogen-bond acceptors (Lipinski definition) is 4. The molecule has 170 valence electrons. The molecule has 33 heavy (non-hydrogen) atoms. The Hall–Kier alpha value is -3.28. The number of aromatic nitrogens is 2. The van der Waals surface area contributed by atoms with Crippen LogP contribution >= 0.6 is 0 Å². The first-order valence-corrected chi connectivity index (χ1v) is 11.6. The zero-order valence-corrected chi connectivity index (χ0v) is 19.1. The van der Waals surface area contributed by atoms with Crippen molar-refractivity contribution < 1.29 is 9.18 Å². The molecule has 2 heterocycles. The number of nitrogens with two attached hydrogens (primary N) is 1. The highest BCUT2D eigenvalue weighted by molar-refractivity contribution is 5.93. The minimum atomic E-state index is -0.421. The van der Waals surface area contributed by atoms with Gasteiger partial charge in [-0.05, 0) is 66.5 Å². The van der Waals surface area contributed by atoms with E-state index in [1.165, 1.54) is 0 Å². The van der Waals surface area contributed by atoms with Crippen LogP contribution in [0.25, 0.3) is 0 Å². The molecule has 5 nitrogen and oxygen atoms in total. The average molecular weight is 445 g/mol. The topological polar surface area (TPSA) is 72.1 Å². The van der Waals surface area contributed by atoms with Crippen molar-refractivity contribution in [2.45, 2.75) is 38.5 Å². The van der Waals surface area contributed by atoms with Crippen molar-refractivity contribution in [2.24, 2.45) is 17.6 Å². The highest BCUT2D eigenvalue weighted by Gasteiger charge is 2.65. The number of nitrogens with zero attached hydrogens (tertiary/aromatic N) is 3. The Morgan fingerprint density at radius 1 is 1.18 bits per heavy atom. The van der Waals surface area contributed by atoms with Crippen LogP contribution in [0.5, 0.6) is 0 Å². The Morgan fingerprint density at radius 3 is 2.67 bits per heavy atom. The van der Waals surface area contributed by atoms with Gasteiger partial charge in [0, 0.05) is 30.5 Å². The fraction of sp³-hybridized carbons (Fsp3) is 0.370. The van der Waals surface area contributed by atoms with Crippen LogP contribution in [0.4, 0.5) is 10.2 Å². The second kappa shape index (κ2) is 8.25. The van der Waals surface area contributed by atoms with E-state index in [2.05, 4.69) is 16.8 Å². The number of benzene rings is 2. The van der Waals surface area contributed by atoms with Crippen LogP contribution < -0.4 is 10.6 Å². The van der Waals surface area contributed by atoms with Gasteiger partial charge < -0.3 is 10.6 Å². The zero-order chi connectivity index (χ0) is 23.2. The summed E-state index contributed by atoms with van der Waals surface area (Å²) in [5.41, 5.74) is 9.69. The van der Waals surface area contributed by atoms with E-state index in [1.807, 2.05) is 43.6 Å². The fourth-order valence-corrected chi connectivity index (χ4v) is 5.98. The third-order valence-electron chi connectivity index (χ3n) is 7.80. The molecule has 2 unspecified atom stereocenters. The first kappa shape index (κ1) is 21.6. The maximum Gasteiger partial charge on any atom is 0.248 e. The highest BCUT2D eigenvalue weighted by atomic mass is 19.1. The van der Waals surface area contributed by atoms with Crippen molar-refractivity contribution in [2.75, 3.05) is 18.0 Å². The lowest BCUT2D eigenvalue weighted by Crippen LogP contribution is -2.32. The van der Waals surface area contributed by atoms with Gasteiger partial charge in [-0.3, -0.25) is 9.78 Å². The minimum absolute atomic E-state index is 0.0535. The number of carbonyl (C=O) groups excluding carboxylic acids is 1. The lowest BCUT2D eigenvalue weighted by Gasteiger charge is -2.27. The molecule has 1 aliphatic heterocycles. The molecular formula is C27H29FN4O. The Labute approximate surface area is 193 Å². The molecule has 1 aromatic heterocycles. The average Bonchev–Trinajstić information content (AvgIpc) is 3.48. The molecule has 3 aromatic rings. The van der Waals surface area contributed by atoms with Crippen molar-refractivity contribution in [3.05, 3.63) is 88.6 Å². The Balaban J connectivity index is 1.29. The van der Waals surface area contributed by atoms with Crippen molar-refractivity contribution in [3.63, 3.8) is 0 Å². The molecular weight excluding hydrogens is 415 g/mol. The number of halogens is 1. The molecule has 0 spiro atoms. The number of carbonyl (C=O) groups is 1. The number of piperidine rings is 1. The van der Waals surface area contributed by atoms with Crippen molar-refractivity contribution in [1.29, 1.82) is 0 Å². The van der Waals surface area contributed by atoms with Crippen molar-refractivity contribution >= 4 is 11.7 Å². The van der Waals surface area contributed by atoms with E-state index in [9.17, 15) is 9.18 Å². The third kappa shape index (κ3) is 3.67. The van der Waals surface area contributed by atoms with Crippen LogP contribution in [0.15, 0.2) is 54.9 Å². The predicted octanol–water partition coefficient (Wildman–Crippen LogP) is 4.42. The van der Waals surface area contributed by atoms with Gasteiger partial charge in [-0.15, -0.1) is 0 Å². The maximum atomic E-state index is 14.6. The van der Waals surface area contributed by atoms with E-state index >= 15 is 0 Å². The molecule has 5 rings (SSSR count). The summed E-state index contributed by atoms with van der Waals surface area (Å²) >= 11 is 0. The minimum Gasteiger partial charge on any atom is -0.366 e. The van der Waals surface area contributed by atoms with Gasteiger partial charge >= 0.3 is 0 Å². The molecule has 2 fully saturated rings. The smallest absolute Gasteiger partial charge is 0.248 e. The van der Waals surface area contributed by atoms with E-state index in [4.69, 9.17) is 10.7 Å². The van der Waals surface area contributed by atoms with E-state index in [0.29, 0.717) is 23.8 Å². The molecule has 0 bridgehead atoms. The Kier molecular flexibility index (Phi) is 5.39. The summed E-state index contributed by atoms with van der Waals surface area (Å²) in [5, 5.41) is 0. The number of primary amides is 1.